The molecule has 0 N–H and O–H groups in total. The van der Waals surface area contributed by atoms with Crippen LogP contribution in [0.4, 0.5) is 4.39 Å². The number of carbonyl (C=O) groups excluding carboxylic acids is 3. The molecule has 0 aliphatic rings. The zero-order valence-corrected chi connectivity index (χ0v) is 14.0. The van der Waals surface area contributed by atoms with Crippen molar-refractivity contribution in [3.05, 3.63) is 35.6 Å². The summed E-state index contributed by atoms with van der Waals surface area (Å²) in [6, 6.07) is 5.09. The molecule has 0 bridgehead atoms. The number of halogens is 1. The molecule has 132 valence electrons. The molecule has 1 aromatic carbocycles. The summed E-state index contributed by atoms with van der Waals surface area (Å²) in [5.41, 5.74) is -1.88. The summed E-state index contributed by atoms with van der Waals surface area (Å²) >= 11 is 0. The Morgan fingerprint density at radius 1 is 0.833 bits per heavy atom. The third kappa shape index (κ3) is 4.31. The van der Waals surface area contributed by atoms with E-state index < -0.39 is 29.1 Å². The van der Waals surface area contributed by atoms with Crippen molar-refractivity contribution in [1.29, 1.82) is 0 Å². The van der Waals surface area contributed by atoms with Gasteiger partial charge in [0.25, 0.3) is 5.41 Å². The first-order valence-corrected chi connectivity index (χ1v) is 7.68. The van der Waals surface area contributed by atoms with Gasteiger partial charge in [-0.15, -0.1) is 0 Å². The Morgan fingerprint density at radius 2 is 1.21 bits per heavy atom. The van der Waals surface area contributed by atoms with E-state index in [4.69, 9.17) is 14.2 Å². The van der Waals surface area contributed by atoms with E-state index in [0.717, 1.165) is 0 Å². The highest BCUT2D eigenvalue weighted by Crippen LogP contribution is 2.29. The third-order valence-electron chi connectivity index (χ3n) is 3.25. The van der Waals surface area contributed by atoms with Gasteiger partial charge in [0, 0.05) is 6.42 Å². The van der Waals surface area contributed by atoms with Crippen molar-refractivity contribution in [3.63, 3.8) is 0 Å². The minimum Gasteiger partial charge on any atom is -0.465 e. The van der Waals surface area contributed by atoms with Crippen LogP contribution in [0.3, 0.4) is 0 Å². The summed E-state index contributed by atoms with van der Waals surface area (Å²) < 4.78 is 27.9. The van der Waals surface area contributed by atoms with Crippen LogP contribution in [0.2, 0.25) is 0 Å². The predicted octanol–water partition coefficient (Wildman–Crippen LogP) is 2.04. The Kier molecular flexibility index (Phi) is 7.35. The first-order valence-electron chi connectivity index (χ1n) is 7.68. The number of hydrogen-bond donors (Lipinski definition) is 0. The van der Waals surface area contributed by atoms with Crippen LogP contribution in [0.25, 0.3) is 0 Å². The van der Waals surface area contributed by atoms with Gasteiger partial charge >= 0.3 is 17.9 Å². The number of ether oxygens (including phenoxy) is 3. The molecule has 0 heterocycles. The van der Waals surface area contributed by atoms with E-state index in [1.165, 1.54) is 24.3 Å². The first kappa shape index (κ1) is 19.6. The van der Waals surface area contributed by atoms with Crippen LogP contribution in [-0.4, -0.2) is 37.7 Å². The largest absolute Gasteiger partial charge is 0.465 e. The van der Waals surface area contributed by atoms with Crippen molar-refractivity contribution >= 4 is 17.9 Å². The number of benzene rings is 1. The molecule has 0 spiro atoms. The Balaban J connectivity index is 3.37. The summed E-state index contributed by atoms with van der Waals surface area (Å²) in [7, 11) is 0. The number of hydrogen-bond acceptors (Lipinski definition) is 6. The van der Waals surface area contributed by atoms with Gasteiger partial charge in [-0.3, -0.25) is 14.4 Å². The normalized spacial score (nSPS) is 10.8. The van der Waals surface area contributed by atoms with Crippen molar-refractivity contribution in [2.45, 2.75) is 27.2 Å². The van der Waals surface area contributed by atoms with E-state index >= 15 is 0 Å². The van der Waals surface area contributed by atoms with Crippen molar-refractivity contribution in [1.82, 2.24) is 0 Å². The second-order valence-corrected chi connectivity index (χ2v) is 4.87. The summed E-state index contributed by atoms with van der Waals surface area (Å²) in [5, 5.41) is 0. The van der Waals surface area contributed by atoms with Crippen molar-refractivity contribution in [2.75, 3.05) is 19.8 Å². The molecule has 7 heteroatoms. The molecule has 0 unspecified atom stereocenters. The molecule has 0 amide bonds. The van der Waals surface area contributed by atoms with Crippen LogP contribution < -0.4 is 0 Å². The van der Waals surface area contributed by atoms with Crippen LogP contribution in [0.1, 0.15) is 26.3 Å². The van der Waals surface area contributed by atoms with Gasteiger partial charge in [0.2, 0.25) is 0 Å². The van der Waals surface area contributed by atoms with Crippen molar-refractivity contribution in [2.24, 2.45) is 5.41 Å². The lowest BCUT2D eigenvalue weighted by atomic mass is 9.81. The fourth-order valence-corrected chi connectivity index (χ4v) is 2.14. The molecule has 1 aromatic rings. The van der Waals surface area contributed by atoms with Gasteiger partial charge in [-0.25, -0.2) is 4.39 Å². The van der Waals surface area contributed by atoms with E-state index in [1.807, 2.05) is 0 Å². The van der Waals surface area contributed by atoms with Gasteiger partial charge in [-0.1, -0.05) is 12.1 Å². The standard InChI is InChI=1S/C17H21FO6/c1-4-22-14(19)17(15(20)23-5-2,16(21)24-6-3)11-12-7-9-13(18)10-8-12/h7-10H,4-6,11H2,1-3H3. The summed E-state index contributed by atoms with van der Waals surface area (Å²) in [5.74, 6) is -3.63. The van der Waals surface area contributed by atoms with Crippen LogP contribution in [0.5, 0.6) is 0 Å². The molecule has 0 radical (unpaired) electrons. The highest BCUT2D eigenvalue weighted by molar-refractivity contribution is 6.18. The SMILES string of the molecule is CCOC(=O)C(Cc1ccc(F)cc1)(C(=O)OCC)C(=O)OCC. The Hall–Kier alpha value is -2.44. The topological polar surface area (TPSA) is 78.9 Å². The molecule has 1 rings (SSSR count). The molecule has 0 saturated heterocycles. The molecular formula is C17H21FO6. The maximum absolute atomic E-state index is 13.1. The van der Waals surface area contributed by atoms with Crippen LogP contribution >= 0.6 is 0 Å². The van der Waals surface area contributed by atoms with E-state index in [9.17, 15) is 18.8 Å². The number of carbonyl (C=O) groups is 3. The lowest BCUT2D eigenvalue weighted by Crippen LogP contribution is -2.51. The molecule has 0 saturated carbocycles. The highest BCUT2D eigenvalue weighted by Gasteiger charge is 2.57. The van der Waals surface area contributed by atoms with Crippen molar-refractivity contribution in [3.8, 4) is 0 Å². The average molecular weight is 340 g/mol. The van der Waals surface area contributed by atoms with Gasteiger partial charge in [0.05, 0.1) is 19.8 Å². The molecule has 0 fully saturated rings. The average Bonchev–Trinajstić information content (AvgIpc) is 2.54. The number of esters is 3. The highest BCUT2D eigenvalue weighted by atomic mass is 19.1. The molecular weight excluding hydrogens is 319 g/mol. The van der Waals surface area contributed by atoms with Gasteiger partial charge < -0.3 is 14.2 Å². The van der Waals surface area contributed by atoms with E-state index in [1.54, 1.807) is 20.8 Å². The second-order valence-electron chi connectivity index (χ2n) is 4.87. The fourth-order valence-electron chi connectivity index (χ4n) is 2.14. The third-order valence-corrected chi connectivity index (χ3v) is 3.25. The van der Waals surface area contributed by atoms with Gasteiger partial charge in [0.1, 0.15) is 5.82 Å². The Labute approximate surface area is 139 Å². The zero-order chi connectivity index (χ0) is 18.2. The van der Waals surface area contributed by atoms with E-state index in [2.05, 4.69) is 0 Å². The monoisotopic (exact) mass is 340 g/mol. The Morgan fingerprint density at radius 3 is 1.54 bits per heavy atom. The maximum Gasteiger partial charge on any atom is 0.335 e. The lowest BCUT2D eigenvalue weighted by molar-refractivity contribution is -0.183. The molecule has 0 aromatic heterocycles. The van der Waals surface area contributed by atoms with Crippen LogP contribution in [0, 0.1) is 11.2 Å². The molecule has 0 aliphatic heterocycles. The first-order chi connectivity index (χ1) is 11.4. The zero-order valence-electron chi connectivity index (χ0n) is 14.0. The fraction of sp³-hybridized carbons (Fsp3) is 0.471. The molecule has 0 atom stereocenters. The van der Waals surface area contributed by atoms with E-state index in [0.29, 0.717) is 5.56 Å². The predicted molar refractivity (Wildman–Crippen MR) is 82.4 cm³/mol. The maximum atomic E-state index is 13.1. The molecule has 24 heavy (non-hydrogen) atoms. The molecule has 0 aliphatic carbocycles. The second kappa shape index (κ2) is 9.00. The van der Waals surface area contributed by atoms with Crippen LogP contribution in [-0.2, 0) is 35.0 Å². The molecule has 6 nitrogen and oxygen atoms in total. The summed E-state index contributed by atoms with van der Waals surface area (Å²) in [6.07, 6.45) is -0.343. The quantitative estimate of drug-likeness (QED) is 0.409. The van der Waals surface area contributed by atoms with Crippen LogP contribution in [0.15, 0.2) is 24.3 Å². The van der Waals surface area contributed by atoms with Gasteiger partial charge in [-0.2, -0.15) is 0 Å². The summed E-state index contributed by atoms with van der Waals surface area (Å²) in [4.78, 5) is 37.4. The van der Waals surface area contributed by atoms with E-state index in [-0.39, 0.29) is 26.2 Å². The lowest BCUT2D eigenvalue weighted by Gasteiger charge is -2.27. The van der Waals surface area contributed by atoms with Gasteiger partial charge in [0.15, 0.2) is 0 Å². The minimum absolute atomic E-state index is 0.0250. The summed E-state index contributed by atoms with van der Waals surface area (Å²) in [6.45, 7) is 4.58. The number of rotatable bonds is 8. The van der Waals surface area contributed by atoms with Crippen molar-refractivity contribution < 1.29 is 33.0 Å². The Bertz CT molecular complexity index is 536. The van der Waals surface area contributed by atoms with Gasteiger partial charge in [-0.05, 0) is 38.5 Å². The minimum atomic E-state index is -2.28. The smallest absolute Gasteiger partial charge is 0.335 e.